The minimum absolute atomic E-state index is 0.529. The third-order valence-corrected chi connectivity index (χ3v) is 2.07. The van der Waals surface area contributed by atoms with Crippen molar-refractivity contribution < 1.29 is 9.15 Å². The van der Waals surface area contributed by atoms with Crippen molar-refractivity contribution in [1.29, 1.82) is 0 Å². The summed E-state index contributed by atoms with van der Waals surface area (Å²) in [5, 5.41) is 0. The Labute approximate surface area is 88.0 Å². The highest BCUT2D eigenvalue weighted by molar-refractivity contribution is 5.58. The van der Waals surface area contributed by atoms with Gasteiger partial charge in [-0.15, -0.1) is 0 Å². The van der Waals surface area contributed by atoms with Crippen LogP contribution in [0.25, 0.3) is 17.4 Å². The Morgan fingerprint density at radius 3 is 2.60 bits per heavy atom. The van der Waals surface area contributed by atoms with Crippen LogP contribution in [0.5, 0.6) is 5.75 Å². The molecule has 0 radical (unpaired) electrons. The number of ether oxygens (including phenoxy) is 1. The maximum Gasteiger partial charge on any atom is 0.218 e. The number of rotatable bonds is 3. The molecule has 0 aliphatic carbocycles. The summed E-state index contributed by atoms with van der Waals surface area (Å²) < 4.78 is 10.5. The first-order valence-electron chi connectivity index (χ1n) is 4.56. The van der Waals surface area contributed by atoms with Gasteiger partial charge in [-0.2, -0.15) is 0 Å². The molecule has 0 amide bonds. The number of benzene rings is 1. The maximum atomic E-state index is 5.42. The van der Waals surface area contributed by atoms with Gasteiger partial charge in [0.2, 0.25) is 5.89 Å². The molecule has 0 saturated heterocycles. The van der Waals surface area contributed by atoms with Crippen LogP contribution in [0, 0.1) is 0 Å². The van der Waals surface area contributed by atoms with Gasteiger partial charge >= 0.3 is 0 Å². The third-order valence-electron chi connectivity index (χ3n) is 2.07. The van der Waals surface area contributed by atoms with E-state index in [9.17, 15) is 0 Å². The van der Waals surface area contributed by atoms with Gasteiger partial charge < -0.3 is 9.15 Å². The molecule has 76 valence electrons. The summed E-state index contributed by atoms with van der Waals surface area (Å²) >= 11 is 0. The lowest BCUT2D eigenvalue weighted by Gasteiger charge is -1.99. The second-order valence-corrected chi connectivity index (χ2v) is 3.00. The van der Waals surface area contributed by atoms with Gasteiger partial charge in [-0.3, -0.25) is 0 Å². The SMILES string of the molecule is C=Cc1ncc(-c2ccc(OC)cc2)o1. The fourth-order valence-corrected chi connectivity index (χ4v) is 1.27. The number of methoxy groups -OCH3 is 1. The van der Waals surface area contributed by atoms with Crippen molar-refractivity contribution >= 4 is 6.08 Å². The van der Waals surface area contributed by atoms with E-state index in [2.05, 4.69) is 11.6 Å². The molecule has 0 aliphatic rings. The van der Waals surface area contributed by atoms with Crippen LogP contribution in [-0.2, 0) is 0 Å². The second-order valence-electron chi connectivity index (χ2n) is 3.00. The zero-order chi connectivity index (χ0) is 10.7. The van der Waals surface area contributed by atoms with Gasteiger partial charge in [-0.1, -0.05) is 6.58 Å². The first-order chi connectivity index (χ1) is 7.33. The molecule has 1 aromatic heterocycles. The molecular weight excluding hydrogens is 190 g/mol. The van der Waals surface area contributed by atoms with E-state index in [1.165, 1.54) is 0 Å². The lowest BCUT2D eigenvalue weighted by atomic mass is 10.2. The zero-order valence-electron chi connectivity index (χ0n) is 8.43. The Morgan fingerprint density at radius 2 is 2.07 bits per heavy atom. The molecule has 0 saturated carbocycles. The molecule has 1 heterocycles. The fourth-order valence-electron chi connectivity index (χ4n) is 1.27. The normalized spacial score (nSPS) is 9.93. The Bertz CT molecular complexity index is 457. The zero-order valence-corrected chi connectivity index (χ0v) is 8.43. The standard InChI is InChI=1S/C12H11NO2/c1-3-12-13-8-11(15-12)9-4-6-10(14-2)7-5-9/h3-8H,1H2,2H3. The Hall–Kier alpha value is -2.03. The van der Waals surface area contributed by atoms with E-state index in [4.69, 9.17) is 9.15 Å². The summed E-state index contributed by atoms with van der Waals surface area (Å²) in [5.74, 6) is 2.08. The molecule has 3 nitrogen and oxygen atoms in total. The predicted molar refractivity (Wildman–Crippen MR) is 58.6 cm³/mol. The highest BCUT2D eigenvalue weighted by Gasteiger charge is 2.03. The molecular formula is C12H11NO2. The van der Waals surface area contributed by atoms with E-state index in [0.29, 0.717) is 5.89 Å². The number of hydrogen-bond donors (Lipinski definition) is 0. The van der Waals surface area contributed by atoms with Crippen LogP contribution in [0.1, 0.15) is 5.89 Å². The van der Waals surface area contributed by atoms with Crippen LogP contribution in [0.3, 0.4) is 0 Å². The van der Waals surface area contributed by atoms with Gasteiger partial charge in [-0.05, 0) is 30.3 Å². The average Bonchev–Trinajstić information content (AvgIpc) is 2.78. The van der Waals surface area contributed by atoms with Crippen LogP contribution < -0.4 is 4.74 Å². The molecule has 3 heteroatoms. The number of oxazole rings is 1. The molecule has 0 bridgehead atoms. The molecule has 0 spiro atoms. The number of hydrogen-bond acceptors (Lipinski definition) is 3. The van der Waals surface area contributed by atoms with Gasteiger partial charge in [0, 0.05) is 5.56 Å². The van der Waals surface area contributed by atoms with Crippen molar-refractivity contribution in [3.63, 3.8) is 0 Å². The van der Waals surface area contributed by atoms with Gasteiger partial charge in [0.1, 0.15) is 5.75 Å². The summed E-state index contributed by atoms with van der Waals surface area (Å²) in [6, 6.07) is 7.61. The fraction of sp³-hybridized carbons (Fsp3) is 0.0833. The minimum Gasteiger partial charge on any atom is -0.497 e. The summed E-state index contributed by atoms with van der Waals surface area (Å²) in [6.07, 6.45) is 3.26. The van der Waals surface area contributed by atoms with Crippen molar-refractivity contribution in [1.82, 2.24) is 4.98 Å². The lowest BCUT2D eigenvalue weighted by Crippen LogP contribution is -1.81. The van der Waals surface area contributed by atoms with Gasteiger partial charge in [0.05, 0.1) is 13.3 Å². The van der Waals surface area contributed by atoms with E-state index in [0.717, 1.165) is 17.1 Å². The highest BCUT2D eigenvalue weighted by Crippen LogP contribution is 2.23. The van der Waals surface area contributed by atoms with Crippen molar-refractivity contribution in [2.45, 2.75) is 0 Å². The van der Waals surface area contributed by atoms with Crippen LogP contribution in [0.15, 0.2) is 41.5 Å². The molecule has 0 atom stereocenters. The first-order valence-corrected chi connectivity index (χ1v) is 4.56. The van der Waals surface area contributed by atoms with Gasteiger partial charge in [0.15, 0.2) is 5.76 Å². The molecule has 2 aromatic rings. The van der Waals surface area contributed by atoms with Crippen molar-refractivity contribution in [2.75, 3.05) is 7.11 Å². The van der Waals surface area contributed by atoms with Crippen LogP contribution >= 0.6 is 0 Å². The third kappa shape index (κ3) is 1.91. The van der Waals surface area contributed by atoms with Crippen LogP contribution in [0.4, 0.5) is 0 Å². The Balaban J connectivity index is 2.32. The highest BCUT2D eigenvalue weighted by atomic mass is 16.5. The molecule has 1 aromatic carbocycles. The van der Waals surface area contributed by atoms with Crippen molar-refractivity contribution in [3.8, 4) is 17.1 Å². The molecule has 2 rings (SSSR count). The second kappa shape index (κ2) is 4.00. The Morgan fingerprint density at radius 1 is 1.33 bits per heavy atom. The lowest BCUT2D eigenvalue weighted by molar-refractivity contribution is 0.415. The summed E-state index contributed by atoms with van der Waals surface area (Å²) in [5.41, 5.74) is 0.969. The smallest absolute Gasteiger partial charge is 0.218 e. The van der Waals surface area contributed by atoms with Gasteiger partial charge in [-0.25, -0.2) is 4.98 Å². The van der Waals surface area contributed by atoms with Crippen molar-refractivity contribution in [3.05, 3.63) is 42.9 Å². The van der Waals surface area contributed by atoms with E-state index >= 15 is 0 Å². The molecule has 0 N–H and O–H groups in total. The van der Waals surface area contributed by atoms with E-state index in [1.54, 1.807) is 19.4 Å². The molecule has 0 aliphatic heterocycles. The number of aromatic nitrogens is 1. The molecule has 15 heavy (non-hydrogen) atoms. The monoisotopic (exact) mass is 201 g/mol. The molecule has 0 unspecified atom stereocenters. The Kier molecular flexibility index (Phi) is 2.54. The predicted octanol–water partition coefficient (Wildman–Crippen LogP) is 2.99. The van der Waals surface area contributed by atoms with E-state index in [-0.39, 0.29) is 0 Å². The number of nitrogens with zero attached hydrogens (tertiary/aromatic N) is 1. The summed E-state index contributed by atoms with van der Waals surface area (Å²) in [7, 11) is 1.64. The van der Waals surface area contributed by atoms with Crippen LogP contribution in [-0.4, -0.2) is 12.1 Å². The van der Waals surface area contributed by atoms with Gasteiger partial charge in [0.25, 0.3) is 0 Å². The summed E-state index contributed by atoms with van der Waals surface area (Å²) in [6.45, 7) is 3.59. The van der Waals surface area contributed by atoms with E-state index < -0.39 is 0 Å². The first kappa shape index (κ1) is 9.52. The minimum atomic E-state index is 0.529. The quantitative estimate of drug-likeness (QED) is 0.765. The van der Waals surface area contributed by atoms with E-state index in [1.807, 2.05) is 24.3 Å². The summed E-state index contributed by atoms with van der Waals surface area (Å²) in [4.78, 5) is 4.04. The maximum absolute atomic E-state index is 5.42. The molecule has 0 fully saturated rings. The van der Waals surface area contributed by atoms with Crippen LogP contribution in [0.2, 0.25) is 0 Å². The van der Waals surface area contributed by atoms with Crippen molar-refractivity contribution in [2.24, 2.45) is 0 Å². The average molecular weight is 201 g/mol. The largest absolute Gasteiger partial charge is 0.497 e. The topological polar surface area (TPSA) is 35.3 Å².